The van der Waals surface area contributed by atoms with E-state index in [1.54, 1.807) is 0 Å². The van der Waals surface area contributed by atoms with E-state index in [1.165, 1.54) is 24.0 Å². The van der Waals surface area contributed by atoms with Crippen molar-refractivity contribution in [3.63, 3.8) is 0 Å². The largest absolute Gasteiger partial charge is 0.0955 e. The van der Waals surface area contributed by atoms with Gasteiger partial charge in [-0.05, 0) is 25.3 Å². The zero-order chi connectivity index (χ0) is 8.69. The van der Waals surface area contributed by atoms with Gasteiger partial charge in [0.1, 0.15) is 0 Å². The average Bonchev–Trinajstić information content (AvgIpc) is 2.10. The van der Waals surface area contributed by atoms with E-state index in [1.807, 2.05) is 20.8 Å². The summed E-state index contributed by atoms with van der Waals surface area (Å²) < 4.78 is 0. The topological polar surface area (TPSA) is 0 Å². The highest BCUT2D eigenvalue weighted by molar-refractivity contribution is 5.37. The van der Waals surface area contributed by atoms with Crippen LogP contribution < -0.4 is 0 Å². The maximum absolute atomic E-state index is 3.86. The second-order valence-corrected chi connectivity index (χ2v) is 2.42. The summed E-state index contributed by atoms with van der Waals surface area (Å²) in [5.74, 6) is 0. The third kappa shape index (κ3) is 3.82. The van der Waals surface area contributed by atoms with Crippen LogP contribution in [0.1, 0.15) is 33.6 Å². The first-order valence-electron chi connectivity index (χ1n) is 4.33. The molecule has 0 atom stereocenters. The Morgan fingerprint density at radius 1 is 1.36 bits per heavy atom. The second kappa shape index (κ2) is 5.96. The Kier molecular flexibility index (Phi) is 5.54. The lowest BCUT2D eigenvalue weighted by Crippen LogP contribution is -1.84. The summed E-state index contributed by atoms with van der Waals surface area (Å²) in [6.45, 7) is 9.90. The predicted octanol–water partition coefficient (Wildman–Crippen LogP) is 3.87. The lowest BCUT2D eigenvalue weighted by Gasteiger charge is -2.04. The van der Waals surface area contributed by atoms with Crippen molar-refractivity contribution in [3.8, 4) is 0 Å². The Labute approximate surface area is 70.3 Å². The van der Waals surface area contributed by atoms with Crippen molar-refractivity contribution in [1.29, 1.82) is 0 Å². The minimum absolute atomic E-state index is 1.17. The van der Waals surface area contributed by atoms with Crippen LogP contribution in [-0.2, 0) is 0 Å². The monoisotopic (exact) mass is 150 g/mol. The van der Waals surface area contributed by atoms with Crippen LogP contribution in [0.4, 0.5) is 0 Å². The van der Waals surface area contributed by atoms with Crippen LogP contribution in [0.5, 0.6) is 0 Å². The molecule has 0 nitrogen and oxygen atoms in total. The highest BCUT2D eigenvalue weighted by Crippen LogP contribution is 2.15. The molecule has 62 valence electrons. The van der Waals surface area contributed by atoms with Gasteiger partial charge in [0.2, 0.25) is 0 Å². The molecule has 0 aromatic rings. The van der Waals surface area contributed by atoms with Crippen LogP contribution in [0, 0.1) is 0 Å². The first kappa shape index (κ1) is 10.2. The van der Waals surface area contributed by atoms with Gasteiger partial charge >= 0.3 is 0 Å². The Morgan fingerprint density at radius 2 is 2.00 bits per heavy atom. The Morgan fingerprint density at radius 3 is 2.27 bits per heavy atom. The van der Waals surface area contributed by atoms with E-state index in [-0.39, 0.29) is 0 Å². The van der Waals surface area contributed by atoms with Crippen molar-refractivity contribution < 1.29 is 0 Å². The smallest absolute Gasteiger partial charge is 0.0276 e. The van der Waals surface area contributed by atoms with Gasteiger partial charge in [0, 0.05) is 0 Å². The normalized spacial score (nSPS) is 14.6. The summed E-state index contributed by atoms with van der Waals surface area (Å²) >= 11 is 0. The molecule has 0 unspecified atom stereocenters. The van der Waals surface area contributed by atoms with Crippen LogP contribution in [0.25, 0.3) is 0 Å². The summed E-state index contributed by atoms with van der Waals surface area (Å²) in [5.41, 5.74) is 2.48. The molecule has 1 rings (SSSR count). The van der Waals surface area contributed by atoms with Crippen molar-refractivity contribution >= 4 is 0 Å². The number of hydrogen-bond donors (Lipinski definition) is 0. The molecule has 0 spiro atoms. The molecule has 1 aliphatic carbocycles. The van der Waals surface area contributed by atoms with E-state index in [0.29, 0.717) is 0 Å². The standard InChI is InChI=1S/C9H12.C2H6/c1-8(2)9-6-4-3-5-7-9;1-2/h4,6-7H,1,3,5H2,2H3;1-2H3. The van der Waals surface area contributed by atoms with Crippen molar-refractivity contribution in [3.05, 3.63) is 36.0 Å². The minimum atomic E-state index is 1.17. The van der Waals surface area contributed by atoms with Gasteiger partial charge in [-0.15, -0.1) is 0 Å². The predicted molar refractivity (Wildman–Crippen MR) is 52.6 cm³/mol. The van der Waals surface area contributed by atoms with Crippen LogP contribution in [0.3, 0.4) is 0 Å². The maximum Gasteiger partial charge on any atom is -0.0276 e. The number of hydrogen-bond acceptors (Lipinski definition) is 0. The highest BCUT2D eigenvalue weighted by Gasteiger charge is 1.95. The summed E-state index contributed by atoms with van der Waals surface area (Å²) in [6.07, 6.45) is 8.95. The molecule has 0 fully saturated rings. The van der Waals surface area contributed by atoms with Crippen molar-refractivity contribution in [2.45, 2.75) is 33.6 Å². The third-order valence-electron chi connectivity index (χ3n) is 1.49. The molecule has 1 aliphatic rings. The SMILES string of the molecule is C=C(C)C1=CCCC=C1.CC. The molecular weight excluding hydrogens is 132 g/mol. The quantitative estimate of drug-likeness (QED) is 0.532. The van der Waals surface area contributed by atoms with E-state index >= 15 is 0 Å². The fourth-order valence-corrected chi connectivity index (χ4v) is 0.930. The van der Waals surface area contributed by atoms with Gasteiger partial charge in [-0.1, -0.05) is 44.2 Å². The summed E-state index contributed by atoms with van der Waals surface area (Å²) in [7, 11) is 0. The van der Waals surface area contributed by atoms with E-state index in [4.69, 9.17) is 0 Å². The molecule has 0 N–H and O–H groups in total. The van der Waals surface area contributed by atoms with Gasteiger partial charge in [-0.25, -0.2) is 0 Å². The van der Waals surface area contributed by atoms with Crippen molar-refractivity contribution in [2.24, 2.45) is 0 Å². The number of allylic oxidation sites excluding steroid dienone is 5. The molecular formula is C11H18. The van der Waals surface area contributed by atoms with E-state index in [0.717, 1.165) is 0 Å². The van der Waals surface area contributed by atoms with E-state index in [2.05, 4.69) is 24.8 Å². The van der Waals surface area contributed by atoms with Crippen LogP contribution >= 0.6 is 0 Å². The van der Waals surface area contributed by atoms with E-state index in [9.17, 15) is 0 Å². The Bertz CT molecular complexity index is 170. The molecule has 11 heavy (non-hydrogen) atoms. The highest BCUT2D eigenvalue weighted by atomic mass is 14.0. The molecule has 0 aromatic carbocycles. The first-order valence-corrected chi connectivity index (χ1v) is 4.33. The molecule has 0 aliphatic heterocycles. The summed E-state index contributed by atoms with van der Waals surface area (Å²) in [5, 5.41) is 0. The van der Waals surface area contributed by atoms with Crippen LogP contribution in [0.15, 0.2) is 36.0 Å². The summed E-state index contributed by atoms with van der Waals surface area (Å²) in [4.78, 5) is 0. The van der Waals surface area contributed by atoms with Crippen LogP contribution in [0.2, 0.25) is 0 Å². The van der Waals surface area contributed by atoms with Gasteiger partial charge < -0.3 is 0 Å². The molecule has 0 radical (unpaired) electrons. The third-order valence-corrected chi connectivity index (χ3v) is 1.49. The fourth-order valence-electron chi connectivity index (χ4n) is 0.930. The maximum atomic E-state index is 3.86. The van der Waals surface area contributed by atoms with Crippen molar-refractivity contribution in [2.75, 3.05) is 0 Å². The summed E-state index contributed by atoms with van der Waals surface area (Å²) in [6, 6.07) is 0. The molecule has 0 aromatic heterocycles. The van der Waals surface area contributed by atoms with Crippen molar-refractivity contribution in [1.82, 2.24) is 0 Å². The first-order chi connectivity index (χ1) is 5.30. The minimum Gasteiger partial charge on any atom is -0.0955 e. The zero-order valence-corrected chi connectivity index (χ0v) is 7.85. The molecule has 0 saturated heterocycles. The van der Waals surface area contributed by atoms with Gasteiger partial charge in [-0.3, -0.25) is 0 Å². The second-order valence-electron chi connectivity index (χ2n) is 2.42. The lowest BCUT2D eigenvalue weighted by atomic mass is 10.0. The average molecular weight is 150 g/mol. The van der Waals surface area contributed by atoms with E-state index < -0.39 is 0 Å². The Balaban J connectivity index is 0.000000461. The zero-order valence-electron chi connectivity index (χ0n) is 7.85. The fraction of sp³-hybridized carbons (Fsp3) is 0.455. The van der Waals surface area contributed by atoms with Gasteiger partial charge in [-0.2, -0.15) is 0 Å². The number of rotatable bonds is 1. The lowest BCUT2D eigenvalue weighted by molar-refractivity contribution is 1.02. The van der Waals surface area contributed by atoms with Gasteiger partial charge in [0.15, 0.2) is 0 Å². The van der Waals surface area contributed by atoms with Gasteiger partial charge in [0.05, 0.1) is 0 Å². The molecule has 0 heterocycles. The Hall–Kier alpha value is -0.780. The van der Waals surface area contributed by atoms with Crippen LogP contribution in [-0.4, -0.2) is 0 Å². The molecule has 0 heteroatoms. The molecule has 0 bridgehead atoms. The molecule has 0 saturated carbocycles. The molecule has 0 amide bonds. The van der Waals surface area contributed by atoms with Gasteiger partial charge in [0.25, 0.3) is 0 Å².